The maximum absolute atomic E-state index is 5.59. The van der Waals surface area contributed by atoms with Gasteiger partial charge in [0, 0.05) is 31.8 Å². The van der Waals surface area contributed by atoms with Gasteiger partial charge in [0.1, 0.15) is 43.2 Å². The van der Waals surface area contributed by atoms with Crippen molar-refractivity contribution in [1.29, 1.82) is 0 Å². The van der Waals surface area contributed by atoms with Crippen molar-refractivity contribution in [2.45, 2.75) is 0 Å². The monoisotopic (exact) mass is 1370 g/mol. The van der Waals surface area contributed by atoms with Crippen LogP contribution in [0.15, 0.2) is 209 Å². The fourth-order valence-corrected chi connectivity index (χ4v) is 49.5. The molecule has 0 fully saturated rings. The second-order valence-electron chi connectivity index (χ2n) is 13.8. The first kappa shape index (κ1) is 52.5. The Kier molecular flexibility index (Phi) is 20.5. The molecule has 20 heteroatoms. The zero-order chi connectivity index (χ0) is 44.9. The molecule has 2 heterocycles. The van der Waals surface area contributed by atoms with E-state index in [1.54, 1.807) is 0 Å². The molecule has 63 heavy (non-hydrogen) atoms. The molecule has 0 aliphatic carbocycles. The van der Waals surface area contributed by atoms with Crippen LogP contribution in [0.1, 0.15) is 0 Å². The van der Waals surface area contributed by atoms with Crippen molar-refractivity contribution >= 4 is 194 Å². The molecule has 2 aliphatic heterocycles. The van der Waals surface area contributed by atoms with Crippen LogP contribution in [0.2, 0.25) is 0 Å². The van der Waals surface area contributed by atoms with Gasteiger partial charge in [-0.1, -0.05) is 278 Å². The normalized spacial score (nSPS) is 27.0. The summed E-state index contributed by atoms with van der Waals surface area (Å²) < 4.78 is 33.6. The molecule has 2 aliphatic rings. The van der Waals surface area contributed by atoms with Crippen LogP contribution in [-0.4, -0.2) is 35.8 Å². The lowest BCUT2D eigenvalue weighted by atomic mass is 10.4. The van der Waals surface area contributed by atoms with Crippen molar-refractivity contribution in [2.75, 3.05) is 35.8 Å². The van der Waals surface area contributed by atoms with E-state index < -0.39 is 43.2 Å². The molecule has 0 radical (unpaired) electrons. The quantitative estimate of drug-likeness (QED) is 0.0865. The highest BCUT2D eigenvalue weighted by Crippen LogP contribution is 2.79. The molecular formula is C43H44Br6Cl2N6P6. The summed E-state index contributed by atoms with van der Waals surface area (Å²) in [6.45, 7) is 0. The molecule has 0 amide bonds. The molecule has 0 atom stereocenters. The molecule has 0 unspecified atom stereocenters. The Labute approximate surface area is 433 Å². The van der Waals surface area contributed by atoms with Crippen molar-refractivity contribution < 1.29 is 0 Å². The third-order valence-electron chi connectivity index (χ3n) is 9.79. The maximum atomic E-state index is 5.59. The van der Waals surface area contributed by atoms with E-state index in [-0.39, 0.29) is 5.34 Å². The molecule has 0 saturated heterocycles. The van der Waals surface area contributed by atoms with Crippen LogP contribution in [0, 0.1) is 0 Å². The standard InChI is InChI=1S/2C21H21Br3N3P3.CH2Cl2/c2*22-16-28(19-10-4-1-5-11-19)25-29(17-23,20-12-6-2-7-13-20)27-30(18-24,26-28)21-14-8-3-9-15-21;2-1-3/h2*1-15H,16-18H2;1H2. The van der Waals surface area contributed by atoms with Gasteiger partial charge < -0.3 is 0 Å². The van der Waals surface area contributed by atoms with Crippen LogP contribution >= 0.6 is 162 Å². The van der Waals surface area contributed by atoms with Crippen molar-refractivity contribution in [3.63, 3.8) is 0 Å². The van der Waals surface area contributed by atoms with Gasteiger partial charge in [-0.05, 0) is 0 Å². The predicted octanol–water partition coefficient (Wildman–Crippen LogP) is 18.2. The summed E-state index contributed by atoms with van der Waals surface area (Å²) in [5, 5.41) is 11.8. The first-order valence-corrected chi connectivity index (χ1v) is 38.3. The first-order chi connectivity index (χ1) is 30.7. The maximum Gasteiger partial charge on any atom is 0.119 e. The van der Waals surface area contributed by atoms with Crippen molar-refractivity contribution in [3.8, 4) is 0 Å². The SMILES string of the molecule is BrCP1(c2ccccc2)=NP(CBr)(c2ccccc2)=NP(CBr)(c2ccccc2)=N1.BrCP1(c2ccccc2)=NP(CBr)(c2ccccc2)=NP(CBr)(c2ccccc2)=N1.ClCCl. The van der Waals surface area contributed by atoms with Gasteiger partial charge in [-0.3, -0.25) is 0 Å². The van der Waals surface area contributed by atoms with Gasteiger partial charge in [0.2, 0.25) is 0 Å². The van der Waals surface area contributed by atoms with Crippen LogP contribution in [0.5, 0.6) is 0 Å². The van der Waals surface area contributed by atoms with Gasteiger partial charge in [-0.15, -0.1) is 23.2 Å². The Morgan fingerprint density at radius 1 is 0.254 bits per heavy atom. The summed E-state index contributed by atoms with van der Waals surface area (Å²) in [6.07, 6.45) is 0. The Balaban J connectivity index is 0.000000198. The zero-order valence-corrected chi connectivity index (χ0v) is 50.1. The Morgan fingerprint density at radius 2 is 0.365 bits per heavy atom. The lowest BCUT2D eigenvalue weighted by molar-refractivity contribution is 1.60. The minimum absolute atomic E-state index is 0.194. The van der Waals surface area contributed by atoms with Crippen LogP contribution in [0.25, 0.3) is 0 Å². The number of hydrogen-bond acceptors (Lipinski definition) is 6. The second-order valence-corrected chi connectivity index (χ2v) is 41.2. The average Bonchev–Trinajstić information content (AvgIpc) is 3.37. The van der Waals surface area contributed by atoms with Crippen molar-refractivity contribution in [1.82, 2.24) is 0 Å². The Hall–Kier alpha value is 0.160. The molecule has 6 aromatic carbocycles. The van der Waals surface area contributed by atoms with Gasteiger partial charge in [-0.2, -0.15) is 0 Å². The lowest BCUT2D eigenvalue weighted by Crippen LogP contribution is -2.14. The smallest absolute Gasteiger partial charge is 0.119 e. The third-order valence-corrected chi connectivity index (χ3v) is 45.3. The van der Waals surface area contributed by atoms with Crippen LogP contribution < -0.4 is 31.8 Å². The molecule has 8 rings (SSSR count). The lowest BCUT2D eigenvalue weighted by Gasteiger charge is -2.35. The summed E-state index contributed by atoms with van der Waals surface area (Å²) in [6, 6.07) is 63.5. The van der Waals surface area contributed by atoms with Gasteiger partial charge in [-0.25, -0.2) is 27.1 Å². The van der Waals surface area contributed by atoms with E-state index in [0.29, 0.717) is 0 Å². The third kappa shape index (κ3) is 11.8. The molecule has 0 saturated carbocycles. The van der Waals surface area contributed by atoms with E-state index in [9.17, 15) is 0 Å². The van der Waals surface area contributed by atoms with Crippen molar-refractivity contribution in [3.05, 3.63) is 182 Å². The fraction of sp³-hybridized carbons (Fsp3) is 0.163. The predicted molar refractivity (Wildman–Crippen MR) is 312 cm³/mol. The zero-order valence-electron chi connectivity index (χ0n) is 33.7. The van der Waals surface area contributed by atoms with E-state index in [2.05, 4.69) is 278 Å². The number of benzene rings is 6. The molecule has 6 aromatic rings. The number of hydrogen-bond donors (Lipinski definition) is 0. The first-order valence-electron chi connectivity index (χ1n) is 19.2. The largest absolute Gasteiger partial charge is 0.230 e. The molecule has 0 bridgehead atoms. The van der Waals surface area contributed by atoms with E-state index >= 15 is 0 Å². The molecular weight excluding hydrogens is 1340 g/mol. The van der Waals surface area contributed by atoms with Gasteiger partial charge in [0.25, 0.3) is 0 Å². The van der Waals surface area contributed by atoms with Gasteiger partial charge in [0.15, 0.2) is 0 Å². The van der Waals surface area contributed by atoms with E-state index in [1.165, 1.54) is 31.8 Å². The Bertz CT molecular complexity index is 2250. The highest BCUT2D eigenvalue weighted by Gasteiger charge is 2.40. The summed E-state index contributed by atoms with van der Waals surface area (Å²) in [5.74, 6) is 0. The molecule has 332 valence electrons. The summed E-state index contributed by atoms with van der Waals surface area (Å²) in [7, 11) is -13.3. The van der Waals surface area contributed by atoms with E-state index in [1.807, 2.05) is 0 Å². The summed E-state index contributed by atoms with van der Waals surface area (Å²) in [4.78, 5) is 0. The summed E-state index contributed by atoms with van der Waals surface area (Å²) >= 11 is 32.5. The summed E-state index contributed by atoms with van der Waals surface area (Å²) in [5.41, 5.74) is 0. The number of nitrogens with zero attached hydrogens (tertiary/aromatic N) is 6. The molecule has 6 nitrogen and oxygen atoms in total. The van der Waals surface area contributed by atoms with E-state index in [4.69, 9.17) is 50.3 Å². The minimum atomic E-state index is -2.22. The molecule has 0 aromatic heterocycles. The van der Waals surface area contributed by atoms with E-state index in [0.717, 1.165) is 30.4 Å². The highest BCUT2D eigenvalue weighted by atomic mass is 79.9. The number of halogens is 8. The fourth-order valence-electron chi connectivity index (χ4n) is 6.90. The number of rotatable bonds is 12. The van der Waals surface area contributed by atoms with Crippen molar-refractivity contribution in [2.24, 2.45) is 27.1 Å². The molecule has 0 spiro atoms. The highest BCUT2D eigenvalue weighted by molar-refractivity contribution is 9.11. The second kappa shape index (κ2) is 24.6. The van der Waals surface area contributed by atoms with Crippen LogP contribution in [0.4, 0.5) is 0 Å². The van der Waals surface area contributed by atoms with Crippen LogP contribution in [0.3, 0.4) is 0 Å². The van der Waals surface area contributed by atoms with Gasteiger partial charge >= 0.3 is 0 Å². The topological polar surface area (TPSA) is 74.2 Å². The minimum Gasteiger partial charge on any atom is -0.230 e. The van der Waals surface area contributed by atoms with Gasteiger partial charge in [0.05, 0.1) is 35.8 Å². The van der Waals surface area contributed by atoms with Crippen LogP contribution in [-0.2, 0) is 0 Å². The molecule has 0 N–H and O–H groups in total. The average molecular weight is 1380 g/mol. The Morgan fingerprint density at radius 3 is 0.460 bits per heavy atom. The number of alkyl halides is 8.